The Morgan fingerprint density at radius 2 is 1.69 bits per heavy atom. The molecule has 1 N–H and O–H groups in total. The molecule has 1 aromatic carbocycles. The quantitative estimate of drug-likeness (QED) is 0.712. The molecule has 0 radical (unpaired) electrons. The highest BCUT2D eigenvalue weighted by molar-refractivity contribution is 5.26. The molecular weight excluding hydrogens is 206 g/mol. The van der Waals surface area contributed by atoms with Gasteiger partial charge in [-0.05, 0) is 17.7 Å². The monoisotopic (exact) mass is 225 g/mol. The summed E-state index contributed by atoms with van der Waals surface area (Å²) in [6.07, 6.45) is -0.196. The van der Waals surface area contributed by atoms with E-state index in [1.54, 1.807) is 21.3 Å². The predicted molar refractivity (Wildman–Crippen MR) is 62.5 cm³/mol. The standard InChI is InChI=1S/C12H19NO3/c1-14-11-6-4-10(5-7-11)8-13-9-12(15-2)16-3/h4-7,12-13H,8-9H2,1-3H3. The number of nitrogens with one attached hydrogen (secondary N) is 1. The SMILES string of the molecule is COc1ccc(CNCC(OC)OC)cc1. The maximum Gasteiger partial charge on any atom is 0.169 e. The molecule has 4 heteroatoms. The number of ether oxygens (including phenoxy) is 3. The summed E-state index contributed by atoms with van der Waals surface area (Å²) in [5, 5.41) is 3.25. The van der Waals surface area contributed by atoms with Gasteiger partial charge < -0.3 is 19.5 Å². The van der Waals surface area contributed by atoms with E-state index in [-0.39, 0.29) is 6.29 Å². The van der Waals surface area contributed by atoms with E-state index >= 15 is 0 Å². The van der Waals surface area contributed by atoms with E-state index in [0.29, 0.717) is 6.54 Å². The number of benzene rings is 1. The Morgan fingerprint density at radius 1 is 1.06 bits per heavy atom. The summed E-state index contributed by atoms with van der Waals surface area (Å²) in [6, 6.07) is 7.95. The van der Waals surface area contributed by atoms with Gasteiger partial charge in [0.05, 0.1) is 7.11 Å². The van der Waals surface area contributed by atoms with Crippen molar-refractivity contribution in [3.05, 3.63) is 29.8 Å². The Balaban J connectivity index is 2.31. The number of rotatable bonds is 7. The Kier molecular flexibility index (Phi) is 5.85. The molecule has 0 fully saturated rings. The molecule has 4 nitrogen and oxygen atoms in total. The maximum atomic E-state index is 5.09. The van der Waals surface area contributed by atoms with Gasteiger partial charge in [0.15, 0.2) is 6.29 Å². The van der Waals surface area contributed by atoms with E-state index in [4.69, 9.17) is 14.2 Å². The van der Waals surface area contributed by atoms with Gasteiger partial charge >= 0.3 is 0 Å². The number of hydrogen-bond acceptors (Lipinski definition) is 4. The van der Waals surface area contributed by atoms with Crippen molar-refractivity contribution in [2.24, 2.45) is 0 Å². The molecule has 0 amide bonds. The Morgan fingerprint density at radius 3 is 2.19 bits per heavy atom. The van der Waals surface area contributed by atoms with Crippen LogP contribution in [0, 0.1) is 0 Å². The third kappa shape index (κ3) is 4.18. The van der Waals surface area contributed by atoms with Crippen LogP contribution in [-0.4, -0.2) is 34.2 Å². The Hall–Kier alpha value is -1.10. The van der Waals surface area contributed by atoms with Crippen LogP contribution in [0.5, 0.6) is 5.75 Å². The largest absolute Gasteiger partial charge is 0.497 e. The first-order chi connectivity index (χ1) is 7.80. The predicted octanol–water partition coefficient (Wildman–Crippen LogP) is 1.40. The van der Waals surface area contributed by atoms with Gasteiger partial charge in [-0.25, -0.2) is 0 Å². The minimum absolute atomic E-state index is 0.196. The molecule has 0 unspecified atom stereocenters. The van der Waals surface area contributed by atoms with Crippen molar-refractivity contribution in [1.82, 2.24) is 5.32 Å². The topological polar surface area (TPSA) is 39.7 Å². The van der Waals surface area contributed by atoms with Crippen molar-refractivity contribution in [1.29, 1.82) is 0 Å². The lowest BCUT2D eigenvalue weighted by Crippen LogP contribution is -2.29. The van der Waals surface area contributed by atoms with E-state index in [0.717, 1.165) is 12.3 Å². The van der Waals surface area contributed by atoms with E-state index in [2.05, 4.69) is 5.32 Å². The molecule has 0 heterocycles. The van der Waals surface area contributed by atoms with E-state index in [9.17, 15) is 0 Å². The fourth-order valence-electron chi connectivity index (χ4n) is 1.34. The van der Waals surface area contributed by atoms with E-state index in [1.807, 2.05) is 24.3 Å². The lowest BCUT2D eigenvalue weighted by molar-refractivity contribution is -0.0989. The van der Waals surface area contributed by atoms with Crippen LogP contribution in [-0.2, 0) is 16.0 Å². The van der Waals surface area contributed by atoms with Crippen LogP contribution in [0.2, 0.25) is 0 Å². The molecule has 1 rings (SSSR count). The highest BCUT2D eigenvalue weighted by atomic mass is 16.7. The van der Waals surface area contributed by atoms with Crippen LogP contribution in [0.1, 0.15) is 5.56 Å². The van der Waals surface area contributed by atoms with Gasteiger partial charge in [0.2, 0.25) is 0 Å². The molecule has 90 valence electrons. The fourth-order valence-corrected chi connectivity index (χ4v) is 1.34. The van der Waals surface area contributed by atoms with Crippen LogP contribution >= 0.6 is 0 Å². The van der Waals surface area contributed by atoms with Gasteiger partial charge in [0.25, 0.3) is 0 Å². The van der Waals surface area contributed by atoms with Crippen LogP contribution < -0.4 is 10.1 Å². The van der Waals surface area contributed by atoms with Gasteiger partial charge in [-0.15, -0.1) is 0 Å². The van der Waals surface area contributed by atoms with Gasteiger partial charge in [-0.2, -0.15) is 0 Å². The summed E-state index contributed by atoms with van der Waals surface area (Å²) in [4.78, 5) is 0. The first-order valence-electron chi connectivity index (χ1n) is 5.19. The molecule has 0 saturated carbocycles. The molecule has 0 spiro atoms. The first kappa shape index (κ1) is 13.0. The van der Waals surface area contributed by atoms with E-state index < -0.39 is 0 Å². The zero-order chi connectivity index (χ0) is 11.8. The summed E-state index contributed by atoms with van der Waals surface area (Å²) in [7, 11) is 4.92. The van der Waals surface area contributed by atoms with Gasteiger partial charge in [0, 0.05) is 27.3 Å². The van der Waals surface area contributed by atoms with Crippen LogP contribution in [0.4, 0.5) is 0 Å². The van der Waals surface area contributed by atoms with Crippen molar-refractivity contribution < 1.29 is 14.2 Å². The molecule has 0 bridgehead atoms. The van der Waals surface area contributed by atoms with Crippen molar-refractivity contribution in [3.63, 3.8) is 0 Å². The average Bonchev–Trinajstić information content (AvgIpc) is 2.35. The number of methoxy groups -OCH3 is 3. The van der Waals surface area contributed by atoms with Crippen molar-refractivity contribution in [3.8, 4) is 5.75 Å². The molecule has 0 aliphatic carbocycles. The Labute approximate surface area is 96.5 Å². The summed E-state index contributed by atoms with van der Waals surface area (Å²) in [5.41, 5.74) is 1.20. The highest BCUT2D eigenvalue weighted by Crippen LogP contribution is 2.10. The first-order valence-corrected chi connectivity index (χ1v) is 5.19. The molecule has 0 aromatic heterocycles. The Bertz CT molecular complexity index is 283. The minimum atomic E-state index is -0.196. The average molecular weight is 225 g/mol. The smallest absolute Gasteiger partial charge is 0.169 e. The van der Waals surface area contributed by atoms with Crippen LogP contribution in [0.3, 0.4) is 0 Å². The van der Waals surface area contributed by atoms with Gasteiger partial charge in [-0.3, -0.25) is 0 Å². The van der Waals surface area contributed by atoms with Gasteiger partial charge in [0.1, 0.15) is 5.75 Å². The second kappa shape index (κ2) is 7.22. The van der Waals surface area contributed by atoms with E-state index in [1.165, 1.54) is 5.56 Å². The summed E-state index contributed by atoms with van der Waals surface area (Å²) < 4.78 is 15.2. The second-order valence-electron chi connectivity index (χ2n) is 3.38. The zero-order valence-corrected chi connectivity index (χ0v) is 10.0. The highest BCUT2D eigenvalue weighted by Gasteiger charge is 2.03. The summed E-state index contributed by atoms with van der Waals surface area (Å²) in [5.74, 6) is 0.871. The summed E-state index contributed by atoms with van der Waals surface area (Å²) in [6.45, 7) is 1.45. The zero-order valence-electron chi connectivity index (χ0n) is 10.0. The molecule has 0 aliphatic rings. The fraction of sp³-hybridized carbons (Fsp3) is 0.500. The van der Waals surface area contributed by atoms with Gasteiger partial charge in [-0.1, -0.05) is 12.1 Å². The van der Waals surface area contributed by atoms with Crippen molar-refractivity contribution in [2.75, 3.05) is 27.9 Å². The molecule has 1 aromatic rings. The summed E-state index contributed by atoms with van der Waals surface area (Å²) >= 11 is 0. The molecule has 0 aliphatic heterocycles. The second-order valence-corrected chi connectivity index (χ2v) is 3.38. The van der Waals surface area contributed by atoms with Crippen molar-refractivity contribution >= 4 is 0 Å². The molecule has 16 heavy (non-hydrogen) atoms. The lowest BCUT2D eigenvalue weighted by Gasteiger charge is -2.14. The van der Waals surface area contributed by atoms with Crippen LogP contribution in [0.15, 0.2) is 24.3 Å². The maximum absolute atomic E-state index is 5.09. The normalized spacial score (nSPS) is 10.8. The van der Waals surface area contributed by atoms with Crippen molar-refractivity contribution in [2.45, 2.75) is 12.8 Å². The third-order valence-corrected chi connectivity index (χ3v) is 2.32. The molecular formula is C12H19NO3. The van der Waals surface area contributed by atoms with Crippen LogP contribution in [0.25, 0.3) is 0 Å². The minimum Gasteiger partial charge on any atom is -0.497 e. The lowest BCUT2D eigenvalue weighted by atomic mass is 10.2. The molecule has 0 saturated heterocycles. The number of hydrogen-bond donors (Lipinski definition) is 1. The molecule has 0 atom stereocenters. The third-order valence-electron chi connectivity index (χ3n) is 2.32.